The number of rotatable bonds is 6. The number of hydrogen-bond donors (Lipinski definition) is 2. The number of hydrazone groups is 1. The minimum absolute atomic E-state index is 0.127. The molecule has 1 amide bonds. The summed E-state index contributed by atoms with van der Waals surface area (Å²) in [7, 11) is 0. The first-order valence-corrected chi connectivity index (χ1v) is 9.70. The van der Waals surface area contributed by atoms with E-state index in [1.54, 1.807) is 24.3 Å². The summed E-state index contributed by atoms with van der Waals surface area (Å²) in [5, 5.41) is 14.3. The van der Waals surface area contributed by atoms with Gasteiger partial charge in [-0.15, -0.1) is 0 Å². The van der Waals surface area contributed by atoms with Crippen LogP contribution in [-0.2, 0) is 11.3 Å². The van der Waals surface area contributed by atoms with Gasteiger partial charge in [-0.25, -0.2) is 5.43 Å². The summed E-state index contributed by atoms with van der Waals surface area (Å²) in [5.41, 5.74) is 5.29. The van der Waals surface area contributed by atoms with Crippen molar-refractivity contribution in [2.45, 2.75) is 13.5 Å². The van der Waals surface area contributed by atoms with Crippen LogP contribution in [0.1, 0.15) is 18.1 Å². The molecule has 0 unspecified atom stereocenters. The van der Waals surface area contributed by atoms with E-state index in [0.717, 1.165) is 48.9 Å². The quantitative estimate of drug-likeness (QED) is 0.578. The Morgan fingerprint density at radius 1 is 1.07 bits per heavy atom. The zero-order chi connectivity index (χ0) is 19.9. The standard InChI is InChI=1S/C21H25ClN4O2/c1-16(17-6-8-19(27)9-7-17)23-24-21(28)15-26-12-10-25(11-13-26)14-18-4-2-3-5-20(18)22/h2-9,27H,10-15H2,1H3,(H,24,28)/b23-16+. The lowest BCUT2D eigenvalue weighted by Crippen LogP contribution is -2.48. The molecule has 28 heavy (non-hydrogen) atoms. The Hall–Kier alpha value is -2.41. The van der Waals surface area contributed by atoms with Crippen molar-refractivity contribution in [1.82, 2.24) is 15.2 Å². The lowest BCUT2D eigenvalue weighted by Gasteiger charge is -2.34. The van der Waals surface area contributed by atoms with E-state index in [-0.39, 0.29) is 11.7 Å². The van der Waals surface area contributed by atoms with Gasteiger partial charge in [0.1, 0.15) is 5.75 Å². The van der Waals surface area contributed by atoms with Crippen molar-refractivity contribution in [1.29, 1.82) is 0 Å². The highest BCUT2D eigenvalue weighted by molar-refractivity contribution is 6.31. The fourth-order valence-corrected chi connectivity index (χ4v) is 3.32. The fourth-order valence-electron chi connectivity index (χ4n) is 3.12. The maximum Gasteiger partial charge on any atom is 0.254 e. The van der Waals surface area contributed by atoms with Crippen LogP contribution in [0, 0.1) is 0 Å². The normalized spacial score (nSPS) is 16.1. The molecule has 0 aliphatic carbocycles. The SMILES string of the molecule is C/C(=N\NC(=O)CN1CCN(Cc2ccccc2Cl)CC1)c1ccc(O)cc1. The molecule has 0 saturated carbocycles. The molecule has 0 radical (unpaired) electrons. The molecule has 2 aromatic rings. The Morgan fingerprint density at radius 3 is 2.39 bits per heavy atom. The minimum Gasteiger partial charge on any atom is -0.508 e. The highest BCUT2D eigenvalue weighted by atomic mass is 35.5. The predicted octanol–water partition coefficient (Wildman–Crippen LogP) is 2.70. The van der Waals surface area contributed by atoms with E-state index in [4.69, 9.17) is 11.6 Å². The van der Waals surface area contributed by atoms with Crippen molar-refractivity contribution >= 4 is 23.2 Å². The molecule has 1 aliphatic rings. The maximum absolute atomic E-state index is 12.2. The molecule has 1 saturated heterocycles. The zero-order valence-electron chi connectivity index (χ0n) is 15.9. The Kier molecular flexibility index (Phi) is 7.03. The summed E-state index contributed by atoms with van der Waals surface area (Å²) >= 11 is 6.24. The van der Waals surface area contributed by atoms with Crippen molar-refractivity contribution in [2.75, 3.05) is 32.7 Å². The third kappa shape index (κ3) is 5.79. The van der Waals surface area contributed by atoms with Crippen LogP contribution < -0.4 is 5.43 Å². The lowest BCUT2D eigenvalue weighted by molar-refractivity contribution is -0.122. The molecule has 7 heteroatoms. The zero-order valence-corrected chi connectivity index (χ0v) is 16.7. The molecule has 0 atom stereocenters. The van der Waals surface area contributed by atoms with Gasteiger partial charge in [0, 0.05) is 37.7 Å². The monoisotopic (exact) mass is 400 g/mol. The van der Waals surface area contributed by atoms with Crippen LogP contribution in [0.15, 0.2) is 53.6 Å². The van der Waals surface area contributed by atoms with E-state index >= 15 is 0 Å². The van der Waals surface area contributed by atoms with Crippen LogP contribution in [0.2, 0.25) is 5.02 Å². The van der Waals surface area contributed by atoms with Crippen LogP contribution in [0.5, 0.6) is 5.75 Å². The Morgan fingerprint density at radius 2 is 1.71 bits per heavy atom. The van der Waals surface area contributed by atoms with E-state index < -0.39 is 0 Å². The first-order valence-electron chi connectivity index (χ1n) is 9.32. The fraction of sp³-hybridized carbons (Fsp3) is 0.333. The predicted molar refractivity (Wildman–Crippen MR) is 112 cm³/mol. The van der Waals surface area contributed by atoms with Gasteiger partial charge in [-0.1, -0.05) is 29.8 Å². The van der Waals surface area contributed by atoms with Crippen LogP contribution >= 0.6 is 11.6 Å². The number of hydrogen-bond acceptors (Lipinski definition) is 5. The average molecular weight is 401 g/mol. The molecule has 0 aromatic heterocycles. The molecule has 148 valence electrons. The minimum atomic E-state index is -0.127. The van der Waals surface area contributed by atoms with Crippen molar-refractivity contribution in [3.05, 3.63) is 64.7 Å². The average Bonchev–Trinajstić information content (AvgIpc) is 2.70. The van der Waals surface area contributed by atoms with Crippen LogP contribution in [0.25, 0.3) is 0 Å². The van der Waals surface area contributed by atoms with Crippen molar-refractivity contribution in [2.24, 2.45) is 5.10 Å². The van der Waals surface area contributed by atoms with Gasteiger partial charge >= 0.3 is 0 Å². The maximum atomic E-state index is 12.2. The molecular weight excluding hydrogens is 376 g/mol. The molecule has 3 rings (SSSR count). The molecule has 0 bridgehead atoms. The molecule has 6 nitrogen and oxygen atoms in total. The molecule has 0 spiro atoms. The van der Waals surface area contributed by atoms with Crippen LogP contribution in [0.4, 0.5) is 0 Å². The number of phenols is 1. The van der Waals surface area contributed by atoms with Crippen molar-refractivity contribution in [3.63, 3.8) is 0 Å². The Balaban J connectivity index is 1.43. The highest BCUT2D eigenvalue weighted by Crippen LogP contribution is 2.17. The third-order valence-corrected chi connectivity index (χ3v) is 5.19. The second-order valence-electron chi connectivity index (χ2n) is 6.92. The summed E-state index contributed by atoms with van der Waals surface area (Å²) in [5.74, 6) is 0.0759. The molecule has 2 aromatic carbocycles. The Labute approximate surface area is 170 Å². The number of piperazine rings is 1. The first-order chi connectivity index (χ1) is 13.5. The van der Waals surface area contributed by atoms with E-state index in [0.29, 0.717) is 12.3 Å². The molecular formula is C21H25ClN4O2. The summed E-state index contributed by atoms with van der Waals surface area (Å²) in [6, 6.07) is 14.6. The Bertz CT molecular complexity index is 831. The molecule has 2 N–H and O–H groups in total. The second-order valence-corrected chi connectivity index (χ2v) is 7.33. The van der Waals surface area contributed by atoms with Gasteiger partial charge < -0.3 is 5.11 Å². The number of carbonyl (C=O) groups excluding carboxylic acids is 1. The third-order valence-electron chi connectivity index (χ3n) is 4.82. The van der Waals surface area contributed by atoms with Crippen molar-refractivity contribution < 1.29 is 9.90 Å². The lowest BCUT2D eigenvalue weighted by atomic mass is 10.1. The second kappa shape index (κ2) is 9.68. The molecule has 1 fully saturated rings. The van der Waals surface area contributed by atoms with Gasteiger partial charge in [-0.05, 0) is 48.4 Å². The summed E-state index contributed by atoms with van der Waals surface area (Å²) in [6.07, 6.45) is 0. The summed E-state index contributed by atoms with van der Waals surface area (Å²) < 4.78 is 0. The first kappa shape index (κ1) is 20.3. The number of aromatic hydroxyl groups is 1. The number of carbonyl (C=O) groups is 1. The largest absolute Gasteiger partial charge is 0.508 e. The topological polar surface area (TPSA) is 68.2 Å². The number of halogens is 1. The van der Waals surface area contributed by atoms with Gasteiger partial charge in [-0.3, -0.25) is 14.6 Å². The van der Waals surface area contributed by atoms with E-state index in [2.05, 4.69) is 26.4 Å². The summed E-state index contributed by atoms with van der Waals surface area (Å²) in [6.45, 7) is 6.43. The van der Waals surface area contributed by atoms with E-state index in [1.807, 2.05) is 25.1 Å². The number of amides is 1. The van der Waals surface area contributed by atoms with Gasteiger partial charge in [0.25, 0.3) is 5.91 Å². The number of nitrogens with zero attached hydrogens (tertiary/aromatic N) is 3. The van der Waals surface area contributed by atoms with Crippen molar-refractivity contribution in [3.8, 4) is 5.75 Å². The van der Waals surface area contributed by atoms with Gasteiger partial charge in [0.15, 0.2) is 0 Å². The van der Waals surface area contributed by atoms with E-state index in [9.17, 15) is 9.90 Å². The molecule has 1 aliphatic heterocycles. The van der Waals surface area contributed by atoms with Crippen LogP contribution in [0.3, 0.4) is 0 Å². The molecule has 1 heterocycles. The smallest absolute Gasteiger partial charge is 0.254 e. The van der Waals surface area contributed by atoms with E-state index in [1.165, 1.54) is 0 Å². The number of nitrogens with one attached hydrogen (secondary N) is 1. The van der Waals surface area contributed by atoms with Gasteiger partial charge in [-0.2, -0.15) is 5.10 Å². The van der Waals surface area contributed by atoms with Gasteiger partial charge in [0.05, 0.1) is 12.3 Å². The number of phenolic OH excluding ortho intramolecular Hbond substituents is 1. The number of benzene rings is 2. The van der Waals surface area contributed by atoms with Crippen LogP contribution in [-0.4, -0.2) is 59.2 Å². The van der Waals surface area contributed by atoms with Gasteiger partial charge in [0.2, 0.25) is 0 Å². The summed E-state index contributed by atoms with van der Waals surface area (Å²) in [4.78, 5) is 16.7. The highest BCUT2D eigenvalue weighted by Gasteiger charge is 2.19.